The first-order chi connectivity index (χ1) is 11.3. The van der Waals surface area contributed by atoms with E-state index in [-0.39, 0.29) is 11.9 Å². The predicted octanol–water partition coefficient (Wildman–Crippen LogP) is 3.45. The largest absolute Gasteiger partial charge is 0.496 e. The Morgan fingerprint density at radius 1 is 1.42 bits per heavy atom. The highest BCUT2D eigenvalue weighted by molar-refractivity contribution is 9.10. The summed E-state index contributed by atoms with van der Waals surface area (Å²) >= 11 is 8.72. The van der Waals surface area contributed by atoms with Crippen molar-refractivity contribution in [2.24, 2.45) is 5.92 Å². The van der Waals surface area contributed by atoms with E-state index in [1.54, 1.807) is 7.11 Å². The molecule has 0 saturated heterocycles. The second-order valence-electron chi connectivity index (χ2n) is 5.95. The van der Waals surface area contributed by atoms with E-state index >= 15 is 0 Å². The maximum absolute atomic E-state index is 12.6. The van der Waals surface area contributed by atoms with Crippen molar-refractivity contribution in [3.05, 3.63) is 39.5 Å². The van der Waals surface area contributed by atoms with Gasteiger partial charge in [0.2, 0.25) is 0 Å². The van der Waals surface area contributed by atoms with Gasteiger partial charge < -0.3 is 20.1 Å². The normalized spacial score (nSPS) is 17.4. The third kappa shape index (κ3) is 4.27. The molecule has 24 heavy (non-hydrogen) atoms. The molecule has 0 radical (unpaired) electrons. The van der Waals surface area contributed by atoms with Crippen molar-refractivity contribution in [2.45, 2.75) is 26.8 Å². The molecule has 2 N–H and O–H groups in total. The molecule has 0 bridgehead atoms. The Balaban J connectivity index is 2.45. The zero-order valence-electron chi connectivity index (χ0n) is 14.1. The van der Waals surface area contributed by atoms with Crippen molar-refractivity contribution >= 4 is 39.2 Å². The number of ether oxygens (including phenoxy) is 2. The van der Waals surface area contributed by atoms with Crippen molar-refractivity contribution in [3.8, 4) is 5.75 Å². The Kier molecular flexibility index (Phi) is 6.23. The first-order valence-corrected chi connectivity index (χ1v) is 8.82. The molecule has 1 heterocycles. The molecule has 5 nitrogen and oxygen atoms in total. The second-order valence-corrected chi connectivity index (χ2v) is 7.27. The van der Waals surface area contributed by atoms with E-state index in [1.807, 2.05) is 39.0 Å². The van der Waals surface area contributed by atoms with E-state index in [4.69, 9.17) is 21.7 Å². The summed E-state index contributed by atoms with van der Waals surface area (Å²) in [4.78, 5) is 12.6. The Labute approximate surface area is 155 Å². The van der Waals surface area contributed by atoms with Crippen molar-refractivity contribution in [1.82, 2.24) is 10.6 Å². The Bertz CT molecular complexity index is 688. The Morgan fingerprint density at radius 2 is 2.12 bits per heavy atom. The molecule has 1 atom stereocenters. The Hall–Kier alpha value is -1.60. The van der Waals surface area contributed by atoms with Crippen LogP contribution in [0.4, 0.5) is 0 Å². The maximum atomic E-state index is 12.6. The van der Waals surface area contributed by atoms with Crippen LogP contribution in [-0.2, 0) is 9.53 Å². The third-order valence-electron chi connectivity index (χ3n) is 3.54. The summed E-state index contributed by atoms with van der Waals surface area (Å²) < 4.78 is 11.8. The van der Waals surface area contributed by atoms with E-state index in [0.717, 1.165) is 10.0 Å². The highest BCUT2D eigenvalue weighted by Crippen LogP contribution is 2.35. The topological polar surface area (TPSA) is 59.6 Å². The summed E-state index contributed by atoms with van der Waals surface area (Å²) in [5.41, 5.74) is 1.99. The fraction of sp³-hybridized carbons (Fsp3) is 0.412. The molecule has 1 aromatic rings. The number of carbonyl (C=O) groups excluding carboxylic acids is 1. The van der Waals surface area contributed by atoms with Crippen LogP contribution in [0.1, 0.15) is 32.4 Å². The number of hydrogen-bond acceptors (Lipinski definition) is 4. The molecule has 130 valence electrons. The number of rotatable bonds is 5. The molecule has 0 unspecified atom stereocenters. The number of allylic oxidation sites excluding steroid dienone is 1. The second kappa shape index (κ2) is 7.98. The minimum Gasteiger partial charge on any atom is -0.496 e. The third-order valence-corrected chi connectivity index (χ3v) is 4.25. The number of hydrogen-bond donors (Lipinski definition) is 2. The van der Waals surface area contributed by atoms with Crippen LogP contribution in [0.2, 0.25) is 0 Å². The van der Waals surface area contributed by atoms with Gasteiger partial charge in [-0.1, -0.05) is 29.8 Å². The molecular weight excluding hydrogens is 392 g/mol. The van der Waals surface area contributed by atoms with Crippen LogP contribution in [0.3, 0.4) is 0 Å². The first-order valence-electron chi connectivity index (χ1n) is 7.62. The minimum absolute atomic E-state index is 0.263. The van der Waals surface area contributed by atoms with Gasteiger partial charge in [0.1, 0.15) is 5.75 Å². The van der Waals surface area contributed by atoms with Gasteiger partial charge in [-0.25, -0.2) is 4.79 Å². The fourth-order valence-electron chi connectivity index (χ4n) is 2.45. The number of nitrogens with one attached hydrogen (secondary N) is 2. The zero-order chi connectivity index (χ0) is 17.9. The van der Waals surface area contributed by atoms with Gasteiger partial charge in [-0.2, -0.15) is 0 Å². The highest BCUT2D eigenvalue weighted by Gasteiger charge is 2.33. The number of halogens is 1. The predicted molar refractivity (Wildman–Crippen MR) is 101 cm³/mol. The summed E-state index contributed by atoms with van der Waals surface area (Å²) in [5, 5.41) is 6.60. The van der Waals surface area contributed by atoms with Gasteiger partial charge >= 0.3 is 5.97 Å². The van der Waals surface area contributed by atoms with Crippen LogP contribution in [0.5, 0.6) is 5.75 Å². The van der Waals surface area contributed by atoms with Crippen LogP contribution in [-0.4, -0.2) is 24.8 Å². The lowest BCUT2D eigenvalue weighted by atomic mass is 9.95. The average molecular weight is 413 g/mol. The summed E-state index contributed by atoms with van der Waals surface area (Å²) in [7, 11) is 1.60. The number of esters is 1. The molecule has 0 spiro atoms. The fourth-order valence-corrected chi connectivity index (χ4v) is 3.10. The standard InChI is InChI=1S/C17H21BrN2O3S/c1-9(2)8-23-16(21)14-10(3)19-17(24)20-15(14)12-7-11(18)5-6-13(12)22-4/h5-7,9,15H,8H2,1-4H3,(H2,19,20,24)/t15-/m1/s1. The van der Waals surface area contributed by atoms with E-state index in [9.17, 15) is 4.79 Å². The number of thiocarbonyl (C=S) groups is 1. The van der Waals surface area contributed by atoms with Gasteiger partial charge in [-0.05, 0) is 43.3 Å². The summed E-state index contributed by atoms with van der Waals surface area (Å²) in [5.74, 6) is 0.567. The molecule has 0 saturated carbocycles. The first kappa shape index (κ1) is 18.7. The van der Waals surface area contributed by atoms with Gasteiger partial charge in [0.25, 0.3) is 0 Å². The SMILES string of the molecule is COc1ccc(Br)cc1[C@H]1NC(=S)NC(C)=C1C(=O)OCC(C)C. The molecule has 1 aromatic carbocycles. The van der Waals surface area contributed by atoms with Gasteiger partial charge in [-0.15, -0.1) is 0 Å². The van der Waals surface area contributed by atoms with Crippen LogP contribution in [0.15, 0.2) is 33.9 Å². The van der Waals surface area contributed by atoms with E-state index in [2.05, 4.69) is 26.6 Å². The zero-order valence-corrected chi connectivity index (χ0v) is 16.5. The molecule has 1 aliphatic rings. The van der Waals surface area contributed by atoms with Gasteiger partial charge in [0.15, 0.2) is 5.11 Å². The van der Waals surface area contributed by atoms with Crippen molar-refractivity contribution in [1.29, 1.82) is 0 Å². The molecular formula is C17H21BrN2O3S. The highest BCUT2D eigenvalue weighted by atomic mass is 79.9. The summed E-state index contributed by atoms with van der Waals surface area (Å²) in [6.45, 7) is 6.17. The summed E-state index contributed by atoms with van der Waals surface area (Å²) in [6, 6.07) is 5.20. The molecule has 2 rings (SSSR count). The smallest absolute Gasteiger partial charge is 0.338 e. The molecule has 0 aliphatic carbocycles. The molecule has 1 aliphatic heterocycles. The van der Waals surface area contributed by atoms with Crippen molar-refractivity contribution in [2.75, 3.05) is 13.7 Å². The van der Waals surface area contributed by atoms with Crippen LogP contribution < -0.4 is 15.4 Å². The minimum atomic E-state index is -0.439. The molecule has 0 amide bonds. The average Bonchev–Trinajstić information content (AvgIpc) is 2.51. The van der Waals surface area contributed by atoms with Crippen LogP contribution >= 0.6 is 28.1 Å². The monoisotopic (exact) mass is 412 g/mol. The Morgan fingerprint density at radius 3 is 2.75 bits per heavy atom. The van der Waals surface area contributed by atoms with Gasteiger partial charge in [0.05, 0.1) is 25.3 Å². The molecule has 7 heteroatoms. The van der Waals surface area contributed by atoms with Crippen LogP contribution in [0, 0.1) is 5.92 Å². The van der Waals surface area contributed by atoms with E-state index in [0.29, 0.717) is 28.7 Å². The molecule has 0 aromatic heterocycles. The summed E-state index contributed by atoms with van der Waals surface area (Å²) in [6.07, 6.45) is 0. The van der Waals surface area contributed by atoms with E-state index in [1.165, 1.54) is 0 Å². The lowest BCUT2D eigenvalue weighted by molar-refractivity contribution is -0.140. The van der Waals surface area contributed by atoms with E-state index < -0.39 is 6.04 Å². The number of methoxy groups -OCH3 is 1. The number of carbonyl (C=O) groups is 1. The van der Waals surface area contributed by atoms with Crippen molar-refractivity contribution in [3.63, 3.8) is 0 Å². The quantitative estimate of drug-likeness (QED) is 0.570. The van der Waals surface area contributed by atoms with Gasteiger partial charge in [-0.3, -0.25) is 0 Å². The molecule has 0 fully saturated rings. The van der Waals surface area contributed by atoms with Crippen molar-refractivity contribution < 1.29 is 14.3 Å². The van der Waals surface area contributed by atoms with Gasteiger partial charge in [0, 0.05) is 15.7 Å². The maximum Gasteiger partial charge on any atom is 0.338 e. The van der Waals surface area contributed by atoms with Crippen LogP contribution in [0.25, 0.3) is 0 Å². The lowest BCUT2D eigenvalue weighted by Crippen LogP contribution is -2.45. The lowest BCUT2D eigenvalue weighted by Gasteiger charge is -2.30. The number of benzene rings is 1.